The van der Waals surface area contributed by atoms with Gasteiger partial charge in [0.1, 0.15) is 0 Å². The van der Waals surface area contributed by atoms with Crippen LogP contribution in [-0.4, -0.2) is 42.1 Å². The van der Waals surface area contributed by atoms with E-state index in [9.17, 15) is 10.2 Å². The van der Waals surface area contributed by atoms with Gasteiger partial charge in [-0.25, -0.2) is 0 Å². The van der Waals surface area contributed by atoms with Gasteiger partial charge in [-0.15, -0.1) is 0 Å². The van der Waals surface area contributed by atoms with E-state index in [2.05, 4.69) is 17.4 Å². The Bertz CT molecular complexity index is 396. The van der Waals surface area contributed by atoms with E-state index < -0.39 is 5.54 Å². The molecule has 0 saturated heterocycles. The summed E-state index contributed by atoms with van der Waals surface area (Å²) in [5, 5.41) is 22.1. The van der Waals surface area contributed by atoms with Gasteiger partial charge in [0.25, 0.3) is 0 Å². The molecule has 0 saturated carbocycles. The first-order chi connectivity index (χ1) is 9.24. The molecule has 0 spiro atoms. The molecule has 1 aliphatic heterocycles. The maximum Gasteiger partial charge on any atom is 0.0952 e. The molecule has 1 atom stereocenters. The van der Waals surface area contributed by atoms with Crippen molar-refractivity contribution >= 4 is 0 Å². The van der Waals surface area contributed by atoms with E-state index in [1.54, 1.807) is 0 Å². The van der Waals surface area contributed by atoms with Crippen molar-refractivity contribution in [2.45, 2.75) is 31.4 Å². The maximum absolute atomic E-state index is 9.44. The molecule has 1 heterocycles. The van der Waals surface area contributed by atoms with Crippen LogP contribution in [0.1, 0.15) is 30.6 Å². The highest BCUT2D eigenvalue weighted by molar-refractivity contribution is 5.31. The molecular weight excluding hydrogens is 242 g/mol. The first kappa shape index (κ1) is 14.5. The molecule has 106 valence electrons. The highest BCUT2D eigenvalue weighted by atomic mass is 16.5. The molecule has 4 nitrogen and oxygen atoms in total. The van der Waals surface area contributed by atoms with Gasteiger partial charge < -0.3 is 20.3 Å². The second-order valence-corrected chi connectivity index (χ2v) is 5.14. The molecule has 1 unspecified atom stereocenters. The largest absolute Gasteiger partial charge is 0.394 e. The number of hydrogen-bond acceptors (Lipinski definition) is 4. The van der Waals surface area contributed by atoms with E-state index in [1.165, 1.54) is 11.1 Å². The molecule has 2 rings (SSSR count). The van der Waals surface area contributed by atoms with Gasteiger partial charge in [0.15, 0.2) is 0 Å². The Morgan fingerprint density at radius 2 is 2.05 bits per heavy atom. The van der Waals surface area contributed by atoms with E-state index in [-0.39, 0.29) is 19.3 Å². The third-order valence-corrected chi connectivity index (χ3v) is 4.04. The summed E-state index contributed by atoms with van der Waals surface area (Å²) in [5.41, 5.74) is 1.92. The molecule has 4 heteroatoms. The predicted octanol–water partition coefficient (Wildman–Crippen LogP) is 1.02. The van der Waals surface area contributed by atoms with Crippen LogP contribution in [-0.2, 0) is 11.2 Å². The van der Waals surface area contributed by atoms with Crippen molar-refractivity contribution < 1.29 is 14.9 Å². The number of nitrogens with one attached hydrogen (secondary N) is 1. The van der Waals surface area contributed by atoms with Crippen LogP contribution >= 0.6 is 0 Å². The lowest BCUT2D eigenvalue weighted by atomic mass is 9.95. The Balaban J connectivity index is 2.05. The molecule has 0 aromatic heterocycles. The van der Waals surface area contributed by atoms with Crippen LogP contribution in [0.3, 0.4) is 0 Å². The lowest BCUT2D eigenvalue weighted by molar-refractivity contribution is 0.0220. The fourth-order valence-electron chi connectivity index (χ4n) is 2.47. The summed E-state index contributed by atoms with van der Waals surface area (Å²) in [6.45, 7) is 3.13. The highest BCUT2D eigenvalue weighted by Crippen LogP contribution is 2.26. The molecule has 0 radical (unpaired) electrons. The summed E-state index contributed by atoms with van der Waals surface area (Å²) in [6, 6.07) is 8.29. The Kier molecular flexibility index (Phi) is 4.93. The zero-order chi connectivity index (χ0) is 13.7. The van der Waals surface area contributed by atoms with E-state index in [4.69, 9.17) is 4.74 Å². The minimum atomic E-state index is -0.615. The standard InChI is InChI=1S/C15H23NO3/c1-2-15(10-17,11-18)16-9-14-13-6-4-3-5-12(13)7-8-19-14/h3-6,14,16-18H,2,7-11H2,1H3. The minimum absolute atomic E-state index is 0.00558. The van der Waals surface area contributed by atoms with Crippen molar-refractivity contribution in [2.75, 3.05) is 26.4 Å². The maximum atomic E-state index is 9.44. The SMILES string of the molecule is CCC(CO)(CO)NCC1OCCc2ccccc21. The quantitative estimate of drug-likeness (QED) is 0.719. The summed E-state index contributed by atoms with van der Waals surface area (Å²) in [5.74, 6) is 0. The van der Waals surface area contributed by atoms with Crippen molar-refractivity contribution in [3.63, 3.8) is 0 Å². The van der Waals surface area contributed by atoms with Gasteiger partial charge >= 0.3 is 0 Å². The average Bonchev–Trinajstić information content (AvgIpc) is 2.49. The lowest BCUT2D eigenvalue weighted by Crippen LogP contribution is -2.52. The fraction of sp³-hybridized carbons (Fsp3) is 0.600. The van der Waals surface area contributed by atoms with Gasteiger partial charge in [-0.2, -0.15) is 0 Å². The first-order valence-corrected chi connectivity index (χ1v) is 6.91. The number of fused-ring (bicyclic) bond motifs is 1. The summed E-state index contributed by atoms with van der Waals surface area (Å²) in [6.07, 6.45) is 1.62. The molecule has 1 aromatic rings. The second-order valence-electron chi connectivity index (χ2n) is 5.14. The summed E-state index contributed by atoms with van der Waals surface area (Å²) >= 11 is 0. The van der Waals surface area contributed by atoms with Crippen LogP contribution < -0.4 is 5.32 Å². The molecule has 1 aromatic carbocycles. The number of benzene rings is 1. The number of aliphatic hydroxyl groups excluding tert-OH is 2. The predicted molar refractivity (Wildman–Crippen MR) is 74.0 cm³/mol. The fourth-order valence-corrected chi connectivity index (χ4v) is 2.47. The zero-order valence-corrected chi connectivity index (χ0v) is 11.4. The monoisotopic (exact) mass is 265 g/mol. The molecule has 0 aliphatic carbocycles. The van der Waals surface area contributed by atoms with E-state index in [0.717, 1.165) is 13.0 Å². The Labute approximate surface area is 114 Å². The smallest absolute Gasteiger partial charge is 0.0952 e. The molecule has 1 aliphatic rings. The number of ether oxygens (including phenoxy) is 1. The third kappa shape index (κ3) is 3.15. The minimum Gasteiger partial charge on any atom is -0.394 e. The Morgan fingerprint density at radius 3 is 2.74 bits per heavy atom. The third-order valence-electron chi connectivity index (χ3n) is 4.04. The van der Waals surface area contributed by atoms with E-state index >= 15 is 0 Å². The van der Waals surface area contributed by atoms with Crippen LogP contribution in [0.5, 0.6) is 0 Å². The van der Waals surface area contributed by atoms with E-state index in [1.807, 2.05) is 19.1 Å². The van der Waals surface area contributed by atoms with Crippen molar-refractivity contribution in [2.24, 2.45) is 0 Å². The van der Waals surface area contributed by atoms with Gasteiger partial charge in [-0.3, -0.25) is 0 Å². The molecular formula is C15H23NO3. The van der Waals surface area contributed by atoms with Crippen molar-refractivity contribution in [3.8, 4) is 0 Å². The number of hydrogen-bond donors (Lipinski definition) is 3. The Hall–Kier alpha value is -0.940. The summed E-state index contributed by atoms with van der Waals surface area (Å²) in [4.78, 5) is 0. The highest BCUT2D eigenvalue weighted by Gasteiger charge is 2.28. The second kappa shape index (κ2) is 6.48. The molecule has 0 amide bonds. The number of rotatable bonds is 6. The summed E-state index contributed by atoms with van der Waals surface area (Å²) < 4.78 is 5.81. The van der Waals surface area contributed by atoms with Gasteiger partial charge in [0.05, 0.1) is 31.5 Å². The topological polar surface area (TPSA) is 61.7 Å². The Morgan fingerprint density at radius 1 is 1.32 bits per heavy atom. The van der Waals surface area contributed by atoms with Crippen LogP contribution in [0.25, 0.3) is 0 Å². The molecule has 0 bridgehead atoms. The zero-order valence-electron chi connectivity index (χ0n) is 11.4. The lowest BCUT2D eigenvalue weighted by Gasteiger charge is -2.33. The van der Waals surface area contributed by atoms with E-state index in [0.29, 0.717) is 13.0 Å². The van der Waals surface area contributed by atoms with Gasteiger partial charge in [0, 0.05) is 6.54 Å². The van der Waals surface area contributed by atoms with Crippen LogP contribution in [0.4, 0.5) is 0 Å². The molecule has 3 N–H and O–H groups in total. The average molecular weight is 265 g/mol. The summed E-state index contributed by atoms with van der Waals surface area (Å²) in [7, 11) is 0. The normalized spacial score (nSPS) is 19.2. The van der Waals surface area contributed by atoms with Crippen molar-refractivity contribution in [3.05, 3.63) is 35.4 Å². The number of aliphatic hydroxyl groups is 2. The van der Waals surface area contributed by atoms with Gasteiger partial charge in [0.2, 0.25) is 0 Å². The van der Waals surface area contributed by atoms with Crippen LogP contribution in [0, 0.1) is 0 Å². The molecule has 19 heavy (non-hydrogen) atoms. The van der Waals surface area contributed by atoms with Gasteiger partial charge in [-0.05, 0) is 24.0 Å². The van der Waals surface area contributed by atoms with Crippen molar-refractivity contribution in [1.82, 2.24) is 5.32 Å². The van der Waals surface area contributed by atoms with Crippen LogP contribution in [0.15, 0.2) is 24.3 Å². The van der Waals surface area contributed by atoms with Crippen molar-refractivity contribution in [1.29, 1.82) is 0 Å². The first-order valence-electron chi connectivity index (χ1n) is 6.91. The molecule has 0 fully saturated rings. The van der Waals surface area contributed by atoms with Crippen LogP contribution in [0.2, 0.25) is 0 Å². The van der Waals surface area contributed by atoms with Gasteiger partial charge in [-0.1, -0.05) is 31.2 Å².